The number of amides is 1. The minimum Gasteiger partial charge on any atom is -0.392 e. The topological polar surface area (TPSA) is 55.8 Å². The molecule has 1 aromatic rings. The van der Waals surface area contributed by atoms with Crippen LogP contribution in [0.3, 0.4) is 0 Å². The summed E-state index contributed by atoms with van der Waals surface area (Å²) >= 11 is 0. The number of hydrogen-bond donors (Lipinski definition) is 2. The monoisotopic (exact) mass is 303 g/mol. The number of β-amino-alcohol motifs (C(OH)–C–C–N with tert-alkyl or cyclic N) is 1. The molecular weight excluding hydrogens is 278 g/mol. The summed E-state index contributed by atoms with van der Waals surface area (Å²) in [5, 5.41) is 12.7. The van der Waals surface area contributed by atoms with Crippen LogP contribution < -0.4 is 5.32 Å². The lowest BCUT2D eigenvalue weighted by Gasteiger charge is -2.24. The van der Waals surface area contributed by atoms with Gasteiger partial charge >= 0.3 is 0 Å². The predicted octanol–water partition coefficient (Wildman–Crippen LogP) is 0.444. The summed E-state index contributed by atoms with van der Waals surface area (Å²) in [6, 6.07) is 10.3. The highest BCUT2D eigenvalue weighted by molar-refractivity contribution is 5.82. The highest BCUT2D eigenvalue weighted by Crippen LogP contribution is 2.13. The molecule has 2 atom stereocenters. The van der Waals surface area contributed by atoms with E-state index in [1.807, 2.05) is 11.0 Å². The number of carbonyl (C=O) groups is 1. The SMILES string of the molecule is O=C([C@H]1C[C@@H](O)CN1)N1CCCN(Cc2ccccc2)CC1. The Morgan fingerprint density at radius 2 is 2.00 bits per heavy atom. The number of carbonyl (C=O) groups excluding carboxylic acids is 1. The van der Waals surface area contributed by atoms with E-state index in [4.69, 9.17) is 0 Å². The standard InChI is InChI=1S/C17H25N3O2/c21-15-11-16(18-12-15)17(22)20-8-4-7-19(9-10-20)13-14-5-2-1-3-6-14/h1-3,5-6,15-16,18,21H,4,7-13H2/t15-,16-/m1/s1. The molecule has 1 aromatic carbocycles. The van der Waals surface area contributed by atoms with Crippen LogP contribution in [-0.4, -0.2) is 65.7 Å². The molecule has 0 aromatic heterocycles. The summed E-state index contributed by atoms with van der Waals surface area (Å²) < 4.78 is 0. The van der Waals surface area contributed by atoms with E-state index in [-0.39, 0.29) is 18.1 Å². The van der Waals surface area contributed by atoms with Crippen LogP contribution in [0.25, 0.3) is 0 Å². The molecule has 120 valence electrons. The number of benzene rings is 1. The Morgan fingerprint density at radius 1 is 1.18 bits per heavy atom. The van der Waals surface area contributed by atoms with Gasteiger partial charge in [-0.3, -0.25) is 9.69 Å². The fraction of sp³-hybridized carbons (Fsp3) is 0.588. The van der Waals surface area contributed by atoms with Crippen molar-refractivity contribution in [1.82, 2.24) is 15.1 Å². The second-order valence-corrected chi connectivity index (χ2v) is 6.29. The van der Waals surface area contributed by atoms with Crippen molar-refractivity contribution in [2.75, 3.05) is 32.7 Å². The molecular formula is C17H25N3O2. The summed E-state index contributed by atoms with van der Waals surface area (Å²) in [6.45, 7) is 5.02. The van der Waals surface area contributed by atoms with E-state index in [9.17, 15) is 9.90 Å². The van der Waals surface area contributed by atoms with Crippen LogP contribution in [0.2, 0.25) is 0 Å². The van der Waals surface area contributed by atoms with Gasteiger partial charge in [0.2, 0.25) is 5.91 Å². The first-order chi connectivity index (χ1) is 10.7. The Hall–Kier alpha value is -1.43. The molecule has 0 bridgehead atoms. The van der Waals surface area contributed by atoms with Gasteiger partial charge in [0.05, 0.1) is 12.1 Å². The third kappa shape index (κ3) is 3.85. The summed E-state index contributed by atoms with van der Waals surface area (Å²) in [5.41, 5.74) is 1.32. The fourth-order valence-corrected chi connectivity index (χ4v) is 3.32. The van der Waals surface area contributed by atoms with Gasteiger partial charge in [0.25, 0.3) is 0 Å². The van der Waals surface area contributed by atoms with E-state index in [1.54, 1.807) is 0 Å². The van der Waals surface area contributed by atoms with Gasteiger partial charge in [0, 0.05) is 39.3 Å². The van der Waals surface area contributed by atoms with E-state index in [2.05, 4.69) is 34.5 Å². The Balaban J connectivity index is 1.52. The molecule has 22 heavy (non-hydrogen) atoms. The van der Waals surface area contributed by atoms with Gasteiger partial charge in [0.1, 0.15) is 0 Å². The highest BCUT2D eigenvalue weighted by atomic mass is 16.3. The average molecular weight is 303 g/mol. The lowest BCUT2D eigenvalue weighted by Crippen LogP contribution is -2.45. The molecule has 2 heterocycles. The molecule has 5 nitrogen and oxygen atoms in total. The van der Waals surface area contributed by atoms with E-state index in [0.717, 1.165) is 39.1 Å². The van der Waals surface area contributed by atoms with Crippen LogP contribution in [0, 0.1) is 0 Å². The minimum absolute atomic E-state index is 0.151. The zero-order chi connectivity index (χ0) is 15.4. The second-order valence-electron chi connectivity index (χ2n) is 6.29. The van der Waals surface area contributed by atoms with E-state index in [1.165, 1.54) is 5.56 Å². The molecule has 2 fully saturated rings. The molecule has 2 aliphatic rings. The van der Waals surface area contributed by atoms with Gasteiger partial charge in [-0.2, -0.15) is 0 Å². The minimum atomic E-state index is -0.379. The summed E-state index contributed by atoms with van der Waals surface area (Å²) in [5.74, 6) is 0.151. The van der Waals surface area contributed by atoms with Gasteiger partial charge in [0.15, 0.2) is 0 Å². The van der Waals surface area contributed by atoms with Gasteiger partial charge in [-0.25, -0.2) is 0 Å². The summed E-state index contributed by atoms with van der Waals surface area (Å²) in [6.07, 6.45) is 1.17. The van der Waals surface area contributed by atoms with Gasteiger partial charge in [-0.15, -0.1) is 0 Å². The Bertz CT molecular complexity index is 494. The Labute approximate surface area is 131 Å². The van der Waals surface area contributed by atoms with Crippen molar-refractivity contribution in [3.8, 4) is 0 Å². The molecule has 5 heteroatoms. The number of aliphatic hydroxyl groups is 1. The third-order valence-electron chi connectivity index (χ3n) is 4.55. The molecule has 0 spiro atoms. The van der Waals surface area contributed by atoms with Gasteiger partial charge < -0.3 is 15.3 Å². The number of aliphatic hydroxyl groups excluding tert-OH is 1. The van der Waals surface area contributed by atoms with Gasteiger partial charge in [-0.05, 0) is 18.4 Å². The maximum atomic E-state index is 12.5. The molecule has 0 unspecified atom stereocenters. The molecule has 0 aliphatic carbocycles. The number of hydrogen-bond acceptors (Lipinski definition) is 4. The van der Waals surface area contributed by atoms with E-state index in [0.29, 0.717) is 13.0 Å². The average Bonchev–Trinajstić information content (AvgIpc) is 2.83. The van der Waals surface area contributed by atoms with Crippen LogP contribution in [0.5, 0.6) is 0 Å². The quantitative estimate of drug-likeness (QED) is 0.851. The molecule has 2 N–H and O–H groups in total. The largest absolute Gasteiger partial charge is 0.392 e. The van der Waals surface area contributed by atoms with Crippen LogP contribution in [0.15, 0.2) is 30.3 Å². The van der Waals surface area contributed by atoms with E-state index >= 15 is 0 Å². The van der Waals surface area contributed by atoms with Crippen molar-refractivity contribution >= 4 is 5.91 Å². The van der Waals surface area contributed by atoms with Crippen molar-refractivity contribution in [2.45, 2.75) is 31.5 Å². The fourth-order valence-electron chi connectivity index (χ4n) is 3.32. The number of nitrogens with one attached hydrogen (secondary N) is 1. The normalized spacial score (nSPS) is 26.9. The first kappa shape index (κ1) is 15.5. The molecule has 2 aliphatic heterocycles. The lowest BCUT2D eigenvalue weighted by atomic mass is 10.2. The van der Waals surface area contributed by atoms with Crippen molar-refractivity contribution < 1.29 is 9.90 Å². The first-order valence-corrected chi connectivity index (χ1v) is 8.19. The van der Waals surface area contributed by atoms with E-state index < -0.39 is 0 Å². The zero-order valence-corrected chi connectivity index (χ0v) is 12.9. The molecule has 1 amide bonds. The first-order valence-electron chi connectivity index (χ1n) is 8.19. The zero-order valence-electron chi connectivity index (χ0n) is 12.9. The number of nitrogens with zero attached hydrogens (tertiary/aromatic N) is 2. The highest BCUT2D eigenvalue weighted by Gasteiger charge is 2.31. The van der Waals surface area contributed by atoms with Crippen LogP contribution in [0.4, 0.5) is 0 Å². The smallest absolute Gasteiger partial charge is 0.239 e. The molecule has 0 radical (unpaired) electrons. The third-order valence-corrected chi connectivity index (χ3v) is 4.55. The maximum absolute atomic E-state index is 12.5. The Morgan fingerprint density at radius 3 is 2.73 bits per heavy atom. The lowest BCUT2D eigenvalue weighted by molar-refractivity contribution is -0.133. The summed E-state index contributed by atoms with van der Waals surface area (Å²) in [4.78, 5) is 16.9. The predicted molar refractivity (Wildman–Crippen MR) is 85.3 cm³/mol. The van der Waals surface area contributed by atoms with Crippen molar-refractivity contribution in [3.05, 3.63) is 35.9 Å². The summed E-state index contributed by atoms with van der Waals surface area (Å²) in [7, 11) is 0. The Kier molecular flexibility index (Phi) is 5.08. The molecule has 0 saturated carbocycles. The second kappa shape index (κ2) is 7.22. The maximum Gasteiger partial charge on any atom is 0.239 e. The van der Waals surface area contributed by atoms with Crippen molar-refractivity contribution in [2.24, 2.45) is 0 Å². The molecule has 2 saturated heterocycles. The van der Waals surface area contributed by atoms with Crippen LogP contribution in [-0.2, 0) is 11.3 Å². The van der Waals surface area contributed by atoms with Crippen molar-refractivity contribution in [1.29, 1.82) is 0 Å². The van der Waals surface area contributed by atoms with Crippen LogP contribution >= 0.6 is 0 Å². The van der Waals surface area contributed by atoms with Crippen LogP contribution in [0.1, 0.15) is 18.4 Å². The van der Waals surface area contributed by atoms with Gasteiger partial charge in [-0.1, -0.05) is 30.3 Å². The molecule has 3 rings (SSSR count). The number of rotatable bonds is 3. The van der Waals surface area contributed by atoms with Crippen molar-refractivity contribution in [3.63, 3.8) is 0 Å².